The van der Waals surface area contributed by atoms with Crippen LogP contribution >= 0.6 is 15.9 Å². The molecule has 0 aliphatic carbocycles. The van der Waals surface area contributed by atoms with E-state index in [0.717, 1.165) is 4.47 Å². The smallest absolute Gasteiger partial charge is 0.279 e. The van der Waals surface area contributed by atoms with E-state index in [1.165, 1.54) is 18.0 Å². The van der Waals surface area contributed by atoms with Gasteiger partial charge >= 0.3 is 0 Å². The van der Waals surface area contributed by atoms with Crippen LogP contribution in [-0.2, 0) is 7.05 Å². The van der Waals surface area contributed by atoms with Crippen molar-refractivity contribution in [2.24, 2.45) is 7.05 Å². The second kappa shape index (κ2) is 4.67. The summed E-state index contributed by atoms with van der Waals surface area (Å²) in [5, 5.41) is 3.90. The van der Waals surface area contributed by atoms with E-state index in [-0.39, 0.29) is 5.56 Å². The number of hydrogen-bond donors (Lipinski definition) is 0. The Balaban J connectivity index is 2.69. The van der Waals surface area contributed by atoms with Gasteiger partial charge in [-0.05, 0) is 28.1 Å². The summed E-state index contributed by atoms with van der Waals surface area (Å²) in [6, 6.07) is 3.57. The van der Waals surface area contributed by atoms with Crippen LogP contribution in [0.25, 0.3) is 11.3 Å². The van der Waals surface area contributed by atoms with Gasteiger partial charge in [0.05, 0.1) is 19.0 Å². The zero-order valence-corrected chi connectivity index (χ0v) is 10.9. The maximum absolute atomic E-state index is 12.0. The van der Waals surface area contributed by atoms with Crippen LogP contribution in [0.2, 0.25) is 0 Å². The predicted octanol–water partition coefficient (Wildman–Crippen LogP) is 1.61. The second-order valence-electron chi connectivity index (χ2n) is 3.38. The van der Waals surface area contributed by atoms with Crippen LogP contribution in [0.15, 0.2) is 33.8 Å². The molecule has 6 heteroatoms. The first-order chi connectivity index (χ1) is 8.13. The van der Waals surface area contributed by atoms with Crippen molar-refractivity contribution in [1.82, 2.24) is 14.8 Å². The summed E-state index contributed by atoms with van der Waals surface area (Å²) in [4.78, 5) is 16.2. The van der Waals surface area contributed by atoms with E-state index in [1.54, 1.807) is 19.3 Å². The van der Waals surface area contributed by atoms with Crippen LogP contribution in [0, 0.1) is 0 Å². The summed E-state index contributed by atoms with van der Waals surface area (Å²) in [6.45, 7) is 0. The fraction of sp³-hybridized carbons (Fsp3) is 0.182. The first-order valence-electron chi connectivity index (χ1n) is 4.85. The molecule has 0 aliphatic rings. The lowest BCUT2D eigenvalue weighted by molar-refractivity contribution is 0.410. The number of pyridine rings is 1. The molecule has 0 N–H and O–H groups in total. The number of aryl methyl sites for hydroxylation is 1. The molecule has 88 valence electrons. The topological polar surface area (TPSA) is 57.0 Å². The SMILES string of the molecule is COc1cnn(C)c(=O)c1-c1ccc(Br)cn1. The summed E-state index contributed by atoms with van der Waals surface area (Å²) < 4.78 is 7.24. The van der Waals surface area contributed by atoms with Crippen molar-refractivity contribution in [3.8, 4) is 17.0 Å². The van der Waals surface area contributed by atoms with Crippen molar-refractivity contribution in [1.29, 1.82) is 0 Å². The van der Waals surface area contributed by atoms with Gasteiger partial charge in [-0.1, -0.05) is 0 Å². The van der Waals surface area contributed by atoms with Crippen molar-refractivity contribution in [3.05, 3.63) is 39.4 Å². The van der Waals surface area contributed by atoms with Gasteiger partial charge in [-0.3, -0.25) is 9.78 Å². The molecule has 5 nitrogen and oxygen atoms in total. The second-order valence-corrected chi connectivity index (χ2v) is 4.29. The number of methoxy groups -OCH3 is 1. The summed E-state index contributed by atoms with van der Waals surface area (Å²) in [7, 11) is 3.09. The number of aromatic nitrogens is 3. The molecule has 2 aromatic heterocycles. The maximum atomic E-state index is 12.0. The van der Waals surface area contributed by atoms with Gasteiger partial charge in [0.15, 0.2) is 5.75 Å². The van der Waals surface area contributed by atoms with E-state index >= 15 is 0 Å². The van der Waals surface area contributed by atoms with Crippen LogP contribution in [0.4, 0.5) is 0 Å². The highest BCUT2D eigenvalue weighted by atomic mass is 79.9. The fourth-order valence-corrected chi connectivity index (χ4v) is 1.67. The highest BCUT2D eigenvalue weighted by molar-refractivity contribution is 9.10. The number of hydrogen-bond acceptors (Lipinski definition) is 4. The Hall–Kier alpha value is -1.69. The molecule has 2 heterocycles. The van der Waals surface area contributed by atoms with Crippen molar-refractivity contribution in [2.45, 2.75) is 0 Å². The Kier molecular flexibility index (Phi) is 3.23. The number of nitrogens with zero attached hydrogens (tertiary/aromatic N) is 3. The summed E-state index contributed by atoms with van der Waals surface area (Å²) in [5.74, 6) is 0.419. The van der Waals surface area contributed by atoms with E-state index in [4.69, 9.17) is 4.74 Å². The molecule has 0 radical (unpaired) electrons. The maximum Gasteiger partial charge on any atom is 0.279 e. The van der Waals surface area contributed by atoms with E-state index < -0.39 is 0 Å². The van der Waals surface area contributed by atoms with Gasteiger partial charge in [0.25, 0.3) is 5.56 Å². The van der Waals surface area contributed by atoms with Crippen LogP contribution in [0.3, 0.4) is 0 Å². The zero-order chi connectivity index (χ0) is 12.4. The van der Waals surface area contributed by atoms with E-state index in [9.17, 15) is 4.79 Å². The minimum absolute atomic E-state index is 0.237. The normalized spacial score (nSPS) is 10.3. The first kappa shape index (κ1) is 11.8. The van der Waals surface area contributed by atoms with Gasteiger partial charge in [0.2, 0.25) is 0 Å². The molecule has 0 fully saturated rings. The zero-order valence-electron chi connectivity index (χ0n) is 9.35. The lowest BCUT2D eigenvalue weighted by Gasteiger charge is -2.07. The summed E-state index contributed by atoms with van der Waals surface area (Å²) >= 11 is 3.30. The third-order valence-electron chi connectivity index (χ3n) is 2.31. The molecule has 2 rings (SSSR count). The average molecular weight is 296 g/mol. The van der Waals surface area contributed by atoms with E-state index in [2.05, 4.69) is 26.0 Å². The highest BCUT2D eigenvalue weighted by Crippen LogP contribution is 2.24. The van der Waals surface area contributed by atoms with Crippen molar-refractivity contribution in [3.63, 3.8) is 0 Å². The molecule has 0 aliphatic heterocycles. The average Bonchev–Trinajstić information content (AvgIpc) is 2.34. The molecule has 0 amide bonds. The summed E-state index contributed by atoms with van der Waals surface area (Å²) in [5.41, 5.74) is 0.740. The molecular weight excluding hydrogens is 286 g/mol. The number of rotatable bonds is 2. The Labute approximate surface area is 106 Å². The van der Waals surface area contributed by atoms with E-state index in [0.29, 0.717) is 17.0 Å². The Morgan fingerprint density at radius 2 is 2.12 bits per heavy atom. The van der Waals surface area contributed by atoms with Gasteiger partial charge in [-0.25, -0.2) is 4.68 Å². The van der Waals surface area contributed by atoms with Gasteiger partial charge in [0.1, 0.15) is 5.56 Å². The van der Waals surface area contributed by atoms with Crippen LogP contribution in [-0.4, -0.2) is 21.9 Å². The summed E-state index contributed by atoms with van der Waals surface area (Å²) in [6.07, 6.45) is 3.13. The standard InChI is InChI=1S/C11H10BrN3O2/c1-15-11(16)10(9(17-2)6-14-15)8-4-3-7(12)5-13-8/h3-6H,1-2H3. The largest absolute Gasteiger partial charge is 0.494 e. The minimum atomic E-state index is -0.237. The minimum Gasteiger partial charge on any atom is -0.494 e. The molecule has 0 saturated carbocycles. The Morgan fingerprint density at radius 3 is 2.71 bits per heavy atom. The fourth-order valence-electron chi connectivity index (χ4n) is 1.44. The van der Waals surface area contributed by atoms with Crippen LogP contribution < -0.4 is 10.3 Å². The number of halogens is 1. The molecule has 0 spiro atoms. The predicted molar refractivity (Wildman–Crippen MR) is 67.0 cm³/mol. The van der Waals surface area contributed by atoms with Crippen molar-refractivity contribution in [2.75, 3.05) is 7.11 Å². The quantitative estimate of drug-likeness (QED) is 0.845. The highest BCUT2D eigenvalue weighted by Gasteiger charge is 2.13. The number of ether oxygens (including phenoxy) is 1. The van der Waals surface area contributed by atoms with Crippen molar-refractivity contribution >= 4 is 15.9 Å². The Morgan fingerprint density at radius 1 is 1.35 bits per heavy atom. The molecular formula is C11H10BrN3O2. The van der Waals surface area contributed by atoms with Gasteiger partial charge in [-0.2, -0.15) is 5.10 Å². The molecule has 0 aromatic carbocycles. The monoisotopic (exact) mass is 295 g/mol. The van der Waals surface area contributed by atoms with Crippen LogP contribution in [0.1, 0.15) is 0 Å². The lowest BCUT2D eigenvalue weighted by atomic mass is 10.2. The molecule has 0 bridgehead atoms. The van der Waals surface area contributed by atoms with Gasteiger partial charge in [0, 0.05) is 17.7 Å². The third kappa shape index (κ3) is 2.21. The van der Waals surface area contributed by atoms with Gasteiger partial charge < -0.3 is 4.74 Å². The molecule has 2 aromatic rings. The van der Waals surface area contributed by atoms with Crippen LogP contribution in [0.5, 0.6) is 5.75 Å². The molecule has 0 unspecified atom stereocenters. The van der Waals surface area contributed by atoms with E-state index in [1.807, 2.05) is 6.07 Å². The molecule has 0 atom stereocenters. The van der Waals surface area contributed by atoms with Gasteiger partial charge in [-0.15, -0.1) is 0 Å². The lowest BCUT2D eigenvalue weighted by Crippen LogP contribution is -2.21. The third-order valence-corrected chi connectivity index (χ3v) is 2.77. The molecule has 17 heavy (non-hydrogen) atoms. The Bertz CT molecular complexity index is 593. The first-order valence-corrected chi connectivity index (χ1v) is 5.65. The molecule has 0 saturated heterocycles. The van der Waals surface area contributed by atoms with Crippen molar-refractivity contribution < 1.29 is 4.74 Å².